The number of likely N-dealkylation sites (tertiary alicyclic amines) is 1. The summed E-state index contributed by atoms with van der Waals surface area (Å²) in [5.74, 6) is 0.931. The number of nitrogens with one attached hydrogen (secondary N) is 2. The van der Waals surface area contributed by atoms with Gasteiger partial charge in [0.05, 0.1) is 11.5 Å². The Kier molecular flexibility index (Phi) is 10.2. The standard InChI is InChI=1S/C19H29N5O3.HI/c1-4-20-19(21-13-15-6-5-7-17(12-15)24(26)27)22-16-8-10-23(11-9-16)18(25)14(2)3;/h5-7,12,14,16H,4,8-11,13H2,1-3H3,(H2,20,21,22);1H. The minimum atomic E-state index is -0.400. The van der Waals surface area contributed by atoms with Gasteiger partial charge in [-0.1, -0.05) is 26.0 Å². The molecule has 9 heteroatoms. The predicted molar refractivity (Wildman–Crippen MR) is 121 cm³/mol. The Balaban J connectivity index is 0.00000392. The van der Waals surface area contributed by atoms with E-state index in [-0.39, 0.29) is 47.5 Å². The van der Waals surface area contributed by atoms with Gasteiger partial charge in [0.25, 0.3) is 5.69 Å². The largest absolute Gasteiger partial charge is 0.357 e. The fraction of sp³-hybridized carbons (Fsp3) is 0.579. The van der Waals surface area contributed by atoms with Crippen LogP contribution in [0.15, 0.2) is 29.3 Å². The predicted octanol–water partition coefficient (Wildman–Crippen LogP) is 2.91. The highest BCUT2D eigenvalue weighted by Crippen LogP contribution is 2.15. The van der Waals surface area contributed by atoms with Gasteiger partial charge in [-0.2, -0.15) is 0 Å². The molecule has 0 bridgehead atoms. The van der Waals surface area contributed by atoms with Crippen LogP contribution in [-0.2, 0) is 11.3 Å². The number of carbonyl (C=O) groups excluding carboxylic acids is 1. The maximum Gasteiger partial charge on any atom is 0.269 e. The zero-order valence-electron chi connectivity index (χ0n) is 16.7. The van der Waals surface area contributed by atoms with E-state index in [9.17, 15) is 14.9 Å². The zero-order valence-corrected chi connectivity index (χ0v) is 19.0. The summed E-state index contributed by atoms with van der Waals surface area (Å²) in [7, 11) is 0. The number of nitro benzene ring substituents is 1. The quantitative estimate of drug-likeness (QED) is 0.205. The van der Waals surface area contributed by atoms with E-state index in [0.717, 1.165) is 38.0 Å². The van der Waals surface area contributed by atoms with Crippen molar-refractivity contribution in [2.45, 2.75) is 46.2 Å². The molecule has 1 heterocycles. The van der Waals surface area contributed by atoms with Crippen molar-refractivity contribution in [2.75, 3.05) is 19.6 Å². The molecule has 0 aliphatic carbocycles. The molecule has 0 atom stereocenters. The molecule has 1 saturated heterocycles. The van der Waals surface area contributed by atoms with Gasteiger partial charge in [-0.25, -0.2) is 4.99 Å². The molecule has 2 N–H and O–H groups in total. The maximum absolute atomic E-state index is 12.1. The van der Waals surface area contributed by atoms with Crippen molar-refractivity contribution in [2.24, 2.45) is 10.9 Å². The first-order valence-corrected chi connectivity index (χ1v) is 9.47. The fourth-order valence-electron chi connectivity index (χ4n) is 3.06. The van der Waals surface area contributed by atoms with E-state index in [4.69, 9.17) is 0 Å². The summed E-state index contributed by atoms with van der Waals surface area (Å²) < 4.78 is 0. The summed E-state index contributed by atoms with van der Waals surface area (Å²) >= 11 is 0. The summed E-state index contributed by atoms with van der Waals surface area (Å²) in [4.78, 5) is 29.1. The summed E-state index contributed by atoms with van der Waals surface area (Å²) in [6, 6.07) is 6.77. The second-order valence-electron chi connectivity index (χ2n) is 7.02. The molecule has 1 fully saturated rings. The number of guanidine groups is 1. The number of piperidine rings is 1. The molecule has 0 saturated carbocycles. The lowest BCUT2D eigenvalue weighted by atomic mass is 10.0. The zero-order chi connectivity index (χ0) is 19.8. The van der Waals surface area contributed by atoms with Crippen LogP contribution in [0.25, 0.3) is 0 Å². The highest BCUT2D eigenvalue weighted by Gasteiger charge is 2.24. The number of non-ortho nitro benzene ring substituents is 1. The smallest absolute Gasteiger partial charge is 0.269 e. The molecule has 1 aromatic rings. The summed E-state index contributed by atoms with van der Waals surface area (Å²) in [6.45, 7) is 8.44. The van der Waals surface area contributed by atoms with E-state index in [1.54, 1.807) is 12.1 Å². The fourth-order valence-corrected chi connectivity index (χ4v) is 3.06. The van der Waals surface area contributed by atoms with Gasteiger partial charge in [-0.05, 0) is 25.3 Å². The van der Waals surface area contributed by atoms with Crippen molar-refractivity contribution in [3.05, 3.63) is 39.9 Å². The van der Waals surface area contributed by atoms with Crippen LogP contribution in [0.2, 0.25) is 0 Å². The van der Waals surface area contributed by atoms with Gasteiger partial charge in [0.15, 0.2) is 5.96 Å². The number of benzene rings is 1. The molecule has 0 unspecified atom stereocenters. The highest BCUT2D eigenvalue weighted by molar-refractivity contribution is 14.0. The van der Waals surface area contributed by atoms with Crippen molar-refractivity contribution >= 4 is 41.5 Å². The third kappa shape index (κ3) is 7.25. The first kappa shape index (κ1) is 24.1. The number of nitrogens with zero attached hydrogens (tertiary/aromatic N) is 3. The number of aliphatic imine (C=N–C) groups is 1. The number of carbonyl (C=O) groups is 1. The molecule has 0 aromatic heterocycles. The van der Waals surface area contributed by atoms with Gasteiger partial charge in [-0.15, -0.1) is 24.0 Å². The number of hydrogen-bond acceptors (Lipinski definition) is 4. The lowest BCUT2D eigenvalue weighted by molar-refractivity contribution is -0.384. The third-order valence-corrected chi connectivity index (χ3v) is 4.53. The van der Waals surface area contributed by atoms with Crippen LogP contribution in [0, 0.1) is 16.0 Å². The number of halogens is 1. The topological polar surface area (TPSA) is 99.9 Å². The lowest BCUT2D eigenvalue weighted by Gasteiger charge is -2.34. The number of amides is 1. The minimum Gasteiger partial charge on any atom is -0.357 e. The van der Waals surface area contributed by atoms with E-state index >= 15 is 0 Å². The summed E-state index contributed by atoms with van der Waals surface area (Å²) in [6.07, 6.45) is 1.75. The van der Waals surface area contributed by atoms with Crippen molar-refractivity contribution in [1.82, 2.24) is 15.5 Å². The van der Waals surface area contributed by atoms with Crippen LogP contribution in [0.1, 0.15) is 39.2 Å². The van der Waals surface area contributed by atoms with E-state index in [0.29, 0.717) is 12.5 Å². The summed E-state index contributed by atoms with van der Waals surface area (Å²) in [5, 5.41) is 17.5. The minimum absolute atomic E-state index is 0. The van der Waals surface area contributed by atoms with Gasteiger partial charge >= 0.3 is 0 Å². The monoisotopic (exact) mass is 503 g/mol. The van der Waals surface area contributed by atoms with Gasteiger partial charge < -0.3 is 15.5 Å². The van der Waals surface area contributed by atoms with E-state index in [1.165, 1.54) is 6.07 Å². The van der Waals surface area contributed by atoms with E-state index in [2.05, 4.69) is 15.6 Å². The second kappa shape index (κ2) is 11.8. The van der Waals surface area contributed by atoms with Gasteiger partial charge in [0.1, 0.15) is 0 Å². The average molecular weight is 503 g/mol. The molecule has 0 radical (unpaired) electrons. The Labute approximate surface area is 183 Å². The second-order valence-corrected chi connectivity index (χ2v) is 7.02. The Hall–Kier alpha value is -1.91. The molecule has 1 aromatic carbocycles. The SMILES string of the molecule is CCNC(=NCc1cccc([N+](=O)[O-])c1)NC1CCN(C(=O)C(C)C)CC1.I. The van der Waals surface area contributed by atoms with Crippen molar-refractivity contribution in [1.29, 1.82) is 0 Å². The van der Waals surface area contributed by atoms with Crippen molar-refractivity contribution in [3.63, 3.8) is 0 Å². The molecular weight excluding hydrogens is 473 g/mol. The first-order valence-electron chi connectivity index (χ1n) is 9.47. The van der Waals surface area contributed by atoms with Crippen LogP contribution in [0.4, 0.5) is 5.69 Å². The lowest BCUT2D eigenvalue weighted by Crippen LogP contribution is -2.50. The van der Waals surface area contributed by atoms with Gasteiger partial charge in [-0.3, -0.25) is 14.9 Å². The number of nitro groups is 1. The maximum atomic E-state index is 12.1. The molecule has 1 aliphatic heterocycles. The van der Waals surface area contributed by atoms with Crippen LogP contribution in [0.5, 0.6) is 0 Å². The van der Waals surface area contributed by atoms with Crippen LogP contribution in [-0.4, -0.2) is 47.4 Å². The number of rotatable bonds is 6. The van der Waals surface area contributed by atoms with Gasteiger partial charge in [0, 0.05) is 43.7 Å². The molecule has 1 aliphatic rings. The highest BCUT2D eigenvalue weighted by atomic mass is 127. The van der Waals surface area contributed by atoms with Crippen LogP contribution < -0.4 is 10.6 Å². The molecule has 28 heavy (non-hydrogen) atoms. The molecular formula is C19H30IN5O3. The molecule has 156 valence electrons. The Morgan fingerprint density at radius 2 is 2.04 bits per heavy atom. The van der Waals surface area contributed by atoms with E-state index in [1.807, 2.05) is 31.7 Å². The Morgan fingerprint density at radius 1 is 1.36 bits per heavy atom. The Morgan fingerprint density at radius 3 is 2.61 bits per heavy atom. The molecule has 0 spiro atoms. The Bertz CT molecular complexity index is 688. The average Bonchev–Trinajstić information content (AvgIpc) is 2.66. The normalized spacial score (nSPS) is 15.1. The van der Waals surface area contributed by atoms with Gasteiger partial charge in [0.2, 0.25) is 5.91 Å². The molecule has 2 rings (SSSR count). The molecule has 1 amide bonds. The molecule has 8 nitrogen and oxygen atoms in total. The number of hydrogen-bond donors (Lipinski definition) is 2. The van der Waals surface area contributed by atoms with Crippen LogP contribution >= 0.6 is 24.0 Å². The van der Waals surface area contributed by atoms with E-state index < -0.39 is 4.92 Å². The van der Waals surface area contributed by atoms with Crippen LogP contribution in [0.3, 0.4) is 0 Å². The summed E-state index contributed by atoms with van der Waals surface area (Å²) in [5.41, 5.74) is 0.863. The third-order valence-electron chi connectivity index (χ3n) is 4.53. The first-order chi connectivity index (χ1) is 12.9. The van der Waals surface area contributed by atoms with Crippen molar-refractivity contribution in [3.8, 4) is 0 Å². The van der Waals surface area contributed by atoms with Crippen molar-refractivity contribution < 1.29 is 9.72 Å².